The second-order valence-corrected chi connectivity index (χ2v) is 3.72. The zero-order valence-corrected chi connectivity index (χ0v) is 10.2. The van der Waals surface area contributed by atoms with Gasteiger partial charge in [0.1, 0.15) is 5.69 Å². The van der Waals surface area contributed by atoms with Gasteiger partial charge in [-0.1, -0.05) is 6.07 Å². The quantitative estimate of drug-likeness (QED) is 0.408. The van der Waals surface area contributed by atoms with Crippen LogP contribution in [0.3, 0.4) is 0 Å². The van der Waals surface area contributed by atoms with Gasteiger partial charge in [0.05, 0.1) is 11.4 Å². The zero-order valence-electron chi connectivity index (χ0n) is 10.2. The van der Waals surface area contributed by atoms with Gasteiger partial charge in [0, 0.05) is 6.20 Å². The van der Waals surface area contributed by atoms with Gasteiger partial charge in [-0.25, -0.2) is 0 Å². The highest BCUT2D eigenvalue weighted by Gasteiger charge is 2.20. The van der Waals surface area contributed by atoms with Crippen LogP contribution in [-0.2, 0) is 0 Å². The van der Waals surface area contributed by atoms with Gasteiger partial charge in [0.15, 0.2) is 0 Å². The van der Waals surface area contributed by atoms with E-state index in [-0.39, 0.29) is 5.71 Å². The predicted octanol–water partition coefficient (Wildman–Crippen LogP) is 2.87. The van der Waals surface area contributed by atoms with E-state index in [1.165, 1.54) is 13.1 Å². The van der Waals surface area contributed by atoms with Gasteiger partial charge in [-0.3, -0.25) is 10.4 Å². The summed E-state index contributed by atoms with van der Waals surface area (Å²) in [6, 6.07) is 4.98. The van der Waals surface area contributed by atoms with Crippen molar-refractivity contribution in [3.05, 3.63) is 53.6 Å². The van der Waals surface area contributed by atoms with Crippen LogP contribution in [0.5, 0.6) is 0 Å². The van der Waals surface area contributed by atoms with Crippen molar-refractivity contribution in [3.63, 3.8) is 0 Å². The summed E-state index contributed by atoms with van der Waals surface area (Å²) in [5, 5.41) is 3.63. The molecule has 0 aliphatic heterocycles. The summed E-state index contributed by atoms with van der Waals surface area (Å²) >= 11 is 0. The molecule has 8 heteroatoms. The van der Waals surface area contributed by atoms with E-state index in [0.29, 0.717) is 5.69 Å². The number of aromatic nitrogens is 2. The minimum absolute atomic E-state index is 0.280. The first-order valence-electron chi connectivity index (χ1n) is 5.42. The number of hydrazone groups is 1. The van der Waals surface area contributed by atoms with Gasteiger partial charge >= 0.3 is 0 Å². The molecule has 0 unspecified atom stereocenters. The SMILES string of the molecule is C/C(=N\Nc1c(F)c(F)nc(F)c1F)c1ccccn1. The maximum Gasteiger partial charge on any atom is 0.254 e. The van der Waals surface area contributed by atoms with Crippen LogP contribution < -0.4 is 5.43 Å². The minimum atomic E-state index is -1.75. The van der Waals surface area contributed by atoms with Crippen molar-refractivity contribution in [3.8, 4) is 0 Å². The molecule has 0 radical (unpaired) electrons. The van der Waals surface area contributed by atoms with Crippen LogP contribution in [0.2, 0.25) is 0 Å². The number of nitrogens with zero attached hydrogens (tertiary/aromatic N) is 3. The Kier molecular flexibility index (Phi) is 3.92. The molecular weight excluding hydrogens is 276 g/mol. The van der Waals surface area contributed by atoms with E-state index in [1.807, 2.05) is 5.43 Å². The molecule has 0 amide bonds. The predicted molar refractivity (Wildman–Crippen MR) is 64.1 cm³/mol. The number of hydrogen-bond donors (Lipinski definition) is 1. The molecule has 0 bridgehead atoms. The van der Waals surface area contributed by atoms with Crippen LogP contribution in [0.25, 0.3) is 0 Å². The van der Waals surface area contributed by atoms with Crippen LogP contribution in [0, 0.1) is 23.5 Å². The molecule has 0 fully saturated rings. The third-order valence-electron chi connectivity index (χ3n) is 2.37. The lowest BCUT2D eigenvalue weighted by atomic mass is 10.3. The van der Waals surface area contributed by atoms with E-state index in [0.717, 1.165) is 0 Å². The molecule has 20 heavy (non-hydrogen) atoms. The molecule has 2 aromatic heterocycles. The Morgan fingerprint density at radius 1 is 1.10 bits per heavy atom. The van der Waals surface area contributed by atoms with Crippen LogP contribution in [0.15, 0.2) is 29.5 Å². The zero-order chi connectivity index (χ0) is 14.7. The topological polar surface area (TPSA) is 50.2 Å². The van der Waals surface area contributed by atoms with E-state index >= 15 is 0 Å². The lowest BCUT2D eigenvalue weighted by Crippen LogP contribution is -2.08. The standard InChI is InChI=1S/C12H8F4N4/c1-6(7-4-2-3-5-17-7)19-20-10-8(13)11(15)18-12(16)9(10)14/h2-5H,1H3,(H,18,20)/b19-6+. The van der Waals surface area contributed by atoms with Crippen LogP contribution in [-0.4, -0.2) is 15.7 Å². The fourth-order valence-electron chi connectivity index (χ4n) is 1.36. The number of rotatable bonds is 3. The number of halogens is 4. The summed E-state index contributed by atoms with van der Waals surface area (Å²) in [4.78, 5) is 6.39. The van der Waals surface area contributed by atoms with Gasteiger partial charge in [-0.2, -0.15) is 27.6 Å². The third kappa shape index (κ3) is 2.73. The molecule has 0 spiro atoms. The molecule has 0 aliphatic rings. The average Bonchev–Trinajstić information content (AvgIpc) is 2.46. The lowest BCUT2D eigenvalue weighted by molar-refractivity contribution is 0.411. The second-order valence-electron chi connectivity index (χ2n) is 3.72. The fourth-order valence-corrected chi connectivity index (χ4v) is 1.36. The molecule has 4 nitrogen and oxygen atoms in total. The Morgan fingerprint density at radius 2 is 1.75 bits per heavy atom. The molecule has 0 saturated heterocycles. The van der Waals surface area contributed by atoms with Gasteiger partial charge in [0.25, 0.3) is 11.9 Å². The van der Waals surface area contributed by atoms with Crippen molar-refractivity contribution in [2.75, 3.05) is 5.43 Å². The van der Waals surface area contributed by atoms with Crippen LogP contribution in [0.1, 0.15) is 12.6 Å². The summed E-state index contributed by atoms with van der Waals surface area (Å²) in [6.07, 6.45) is 1.50. The molecule has 0 aromatic carbocycles. The van der Waals surface area contributed by atoms with E-state index in [9.17, 15) is 17.6 Å². The Bertz CT molecular complexity index is 632. The van der Waals surface area contributed by atoms with E-state index in [4.69, 9.17) is 0 Å². The molecule has 2 rings (SSSR count). The van der Waals surface area contributed by atoms with Crippen LogP contribution in [0.4, 0.5) is 23.2 Å². The normalized spacial score (nSPS) is 11.6. The second kappa shape index (κ2) is 5.64. The number of hydrogen-bond acceptors (Lipinski definition) is 4. The van der Waals surface area contributed by atoms with Crippen molar-refractivity contribution in [2.45, 2.75) is 6.92 Å². The largest absolute Gasteiger partial charge is 0.272 e. The highest BCUT2D eigenvalue weighted by atomic mass is 19.2. The minimum Gasteiger partial charge on any atom is -0.272 e. The highest BCUT2D eigenvalue weighted by Crippen LogP contribution is 2.22. The molecule has 0 saturated carbocycles. The van der Waals surface area contributed by atoms with Crippen LogP contribution >= 0.6 is 0 Å². The first kappa shape index (κ1) is 13.9. The van der Waals surface area contributed by atoms with Crippen molar-refractivity contribution >= 4 is 11.4 Å². The van der Waals surface area contributed by atoms with Crippen molar-refractivity contribution in [2.24, 2.45) is 5.10 Å². The Labute approximate surface area is 111 Å². The summed E-state index contributed by atoms with van der Waals surface area (Å²) < 4.78 is 52.4. The van der Waals surface area contributed by atoms with E-state index < -0.39 is 29.2 Å². The van der Waals surface area contributed by atoms with Gasteiger partial charge in [0.2, 0.25) is 11.6 Å². The molecule has 0 aliphatic carbocycles. The summed E-state index contributed by atoms with van der Waals surface area (Å²) in [5.41, 5.74) is 1.61. The van der Waals surface area contributed by atoms with Crippen molar-refractivity contribution in [1.29, 1.82) is 0 Å². The molecule has 104 valence electrons. The maximum atomic E-state index is 13.3. The lowest BCUT2D eigenvalue weighted by Gasteiger charge is -2.06. The summed E-state index contributed by atoms with van der Waals surface area (Å²) in [6.45, 7) is 1.51. The number of anilines is 1. The Hall–Kier alpha value is -2.51. The summed E-state index contributed by atoms with van der Waals surface area (Å²) in [5.74, 6) is -6.81. The molecular formula is C12H8F4N4. The molecule has 2 heterocycles. The third-order valence-corrected chi connectivity index (χ3v) is 2.37. The Morgan fingerprint density at radius 3 is 2.30 bits per heavy atom. The van der Waals surface area contributed by atoms with Crippen molar-refractivity contribution in [1.82, 2.24) is 9.97 Å². The highest BCUT2D eigenvalue weighted by molar-refractivity contribution is 5.97. The van der Waals surface area contributed by atoms with Gasteiger partial charge in [-0.15, -0.1) is 0 Å². The van der Waals surface area contributed by atoms with Gasteiger partial charge < -0.3 is 0 Å². The van der Waals surface area contributed by atoms with E-state index in [2.05, 4.69) is 15.1 Å². The first-order valence-corrected chi connectivity index (χ1v) is 5.42. The Balaban J connectivity index is 2.32. The molecule has 1 N–H and O–H groups in total. The number of nitrogens with one attached hydrogen (secondary N) is 1. The summed E-state index contributed by atoms with van der Waals surface area (Å²) in [7, 11) is 0. The maximum absolute atomic E-state index is 13.3. The number of pyridine rings is 2. The molecule has 2 aromatic rings. The fraction of sp³-hybridized carbons (Fsp3) is 0.0833. The molecule has 0 atom stereocenters. The smallest absolute Gasteiger partial charge is 0.254 e. The average molecular weight is 284 g/mol. The van der Waals surface area contributed by atoms with Gasteiger partial charge in [-0.05, 0) is 19.1 Å². The van der Waals surface area contributed by atoms with E-state index in [1.54, 1.807) is 18.2 Å². The van der Waals surface area contributed by atoms with Crippen molar-refractivity contribution < 1.29 is 17.6 Å². The first-order chi connectivity index (χ1) is 9.50. The monoisotopic (exact) mass is 284 g/mol.